The van der Waals surface area contributed by atoms with Gasteiger partial charge in [0.1, 0.15) is 5.82 Å². The molecule has 0 aliphatic carbocycles. The van der Waals surface area contributed by atoms with E-state index in [0.29, 0.717) is 34.4 Å². The second-order valence-electron chi connectivity index (χ2n) is 6.49. The number of halogens is 1. The molecule has 0 aliphatic rings. The van der Waals surface area contributed by atoms with Crippen LogP contribution in [0.15, 0.2) is 54.6 Å². The monoisotopic (exact) mass is 408 g/mol. The lowest BCUT2D eigenvalue weighted by atomic mass is 10.1. The molecule has 3 N–H and O–H groups in total. The average Bonchev–Trinajstić information content (AvgIpc) is 3.32. The summed E-state index contributed by atoms with van der Waals surface area (Å²) < 4.78 is 13.0. The molecule has 0 bridgehead atoms. The Hall–Kier alpha value is -3.52. The molecule has 0 radical (unpaired) electrons. The number of fused-ring (bicyclic) bond motifs is 1. The number of aromatic nitrogens is 2. The van der Waals surface area contributed by atoms with Crippen molar-refractivity contribution in [1.82, 2.24) is 15.5 Å². The number of carbonyl (C=O) groups is 2. The van der Waals surface area contributed by atoms with Crippen LogP contribution in [0.25, 0.3) is 10.9 Å². The van der Waals surface area contributed by atoms with Gasteiger partial charge < -0.3 is 10.6 Å². The number of anilines is 1. The summed E-state index contributed by atoms with van der Waals surface area (Å²) in [5, 5.41) is 13.1. The molecule has 29 heavy (non-hydrogen) atoms. The summed E-state index contributed by atoms with van der Waals surface area (Å²) >= 11 is 1.64. The SMILES string of the molecule is Cc1ccc(CNC(=O)c2ccc3[nH]nc(NC(=O)c4ccc(F)cc4)c3c2)s1. The zero-order chi connectivity index (χ0) is 20.4. The van der Waals surface area contributed by atoms with Crippen molar-refractivity contribution in [3.63, 3.8) is 0 Å². The first kappa shape index (κ1) is 18.8. The lowest BCUT2D eigenvalue weighted by Gasteiger charge is -2.05. The Kier molecular flexibility index (Phi) is 5.09. The van der Waals surface area contributed by atoms with Crippen LogP contribution in [0.1, 0.15) is 30.5 Å². The van der Waals surface area contributed by atoms with Gasteiger partial charge in [0, 0.05) is 26.3 Å². The smallest absolute Gasteiger partial charge is 0.256 e. The minimum absolute atomic E-state index is 0.213. The highest BCUT2D eigenvalue weighted by molar-refractivity contribution is 7.11. The lowest BCUT2D eigenvalue weighted by molar-refractivity contribution is 0.0950. The van der Waals surface area contributed by atoms with Gasteiger partial charge in [0.2, 0.25) is 0 Å². The van der Waals surface area contributed by atoms with Gasteiger partial charge >= 0.3 is 0 Å². The van der Waals surface area contributed by atoms with Crippen LogP contribution in [0.5, 0.6) is 0 Å². The normalized spacial score (nSPS) is 10.8. The number of rotatable bonds is 5. The molecule has 4 rings (SSSR count). The standard InChI is InChI=1S/C21H17FN4O2S/c1-12-2-8-16(29-12)11-23-20(27)14-5-9-18-17(10-14)19(26-25-18)24-21(28)13-3-6-15(22)7-4-13/h2-10H,11H2,1H3,(H,23,27)(H2,24,25,26,28). The molecule has 0 atom stereocenters. The van der Waals surface area contributed by atoms with Crippen molar-refractivity contribution >= 4 is 39.9 Å². The maximum absolute atomic E-state index is 13.0. The Balaban J connectivity index is 1.51. The number of amides is 2. The maximum atomic E-state index is 13.0. The molecule has 4 aromatic rings. The van der Waals surface area contributed by atoms with Crippen LogP contribution in [0.3, 0.4) is 0 Å². The number of carbonyl (C=O) groups excluding carboxylic acids is 2. The number of aryl methyl sites for hydroxylation is 1. The van der Waals surface area contributed by atoms with Crippen LogP contribution < -0.4 is 10.6 Å². The van der Waals surface area contributed by atoms with E-state index >= 15 is 0 Å². The zero-order valence-corrected chi connectivity index (χ0v) is 16.3. The molecule has 2 aromatic carbocycles. The predicted molar refractivity (Wildman–Crippen MR) is 111 cm³/mol. The van der Waals surface area contributed by atoms with Crippen LogP contribution in [0.2, 0.25) is 0 Å². The molecule has 0 unspecified atom stereocenters. The summed E-state index contributed by atoms with van der Waals surface area (Å²) in [5.41, 5.74) is 1.46. The van der Waals surface area contributed by atoms with Gasteiger partial charge in [-0.15, -0.1) is 11.3 Å². The summed E-state index contributed by atoms with van der Waals surface area (Å²) in [4.78, 5) is 27.2. The molecule has 0 fully saturated rings. The van der Waals surface area contributed by atoms with E-state index in [9.17, 15) is 14.0 Å². The molecular formula is C21H17FN4O2S. The zero-order valence-electron chi connectivity index (χ0n) is 15.5. The number of nitrogens with one attached hydrogen (secondary N) is 3. The van der Waals surface area contributed by atoms with E-state index < -0.39 is 11.7 Å². The van der Waals surface area contributed by atoms with Gasteiger partial charge in [-0.3, -0.25) is 14.7 Å². The van der Waals surface area contributed by atoms with Gasteiger partial charge in [-0.1, -0.05) is 0 Å². The molecule has 2 heterocycles. The Bertz CT molecular complexity index is 1200. The van der Waals surface area contributed by atoms with Crippen molar-refractivity contribution in [2.24, 2.45) is 0 Å². The third-order valence-electron chi connectivity index (χ3n) is 4.38. The molecule has 0 spiro atoms. The second kappa shape index (κ2) is 7.84. The largest absolute Gasteiger partial charge is 0.347 e. The van der Waals surface area contributed by atoms with Crippen LogP contribution in [0.4, 0.5) is 10.2 Å². The lowest BCUT2D eigenvalue weighted by Crippen LogP contribution is -2.22. The van der Waals surface area contributed by atoms with E-state index in [1.807, 2.05) is 19.1 Å². The van der Waals surface area contributed by atoms with Crippen LogP contribution in [-0.4, -0.2) is 22.0 Å². The molecule has 2 amide bonds. The number of nitrogens with zero attached hydrogens (tertiary/aromatic N) is 1. The summed E-state index contributed by atoms with van der Waals surface area (Å²) in [6, 6.07) is 14.3. The molecule has 2 aromatic heterocycles. The van der Waals surface area contributed by atoms with Gasteiger partial charge in [0.15, 0.2) is 5.82 Å². The van der Waals surface area contributed by atoms with E-state index in [1.165, 1.54) is 29.1 Å². The fourth-order valence-corrected chi connectivity index (χ4v) is 3.71. The first-order chi connectivity index (χ1) is 14.0. The summed E-state index contributed by atoms with van der Waals surface area (Å²) in [5.74, 6) is -0.741. The van der Waals surface area contributed by atoms with E-state index in [2.05, 4.69) is 20.8 Å². The second-order valence-corrected chi connectivity index (χ2v) is 7.86. The highest BCUT2D eigenvalue weighted by Gasteiger charge is 2.14. The van der Waals surface area contributed by atoms with E-state index in [4.69, 9.17) is 0 Å². The number of benzene rings is 2. The minimum Gasteiger partial charge on any atom is -0.347 e. The molecule has 0 saturated heterocycles. The maximum Gasteiger partial charge on any atom is 0.256 e. The third kappa shape index (κ3) is 4.17. The topological polar surface area (TPSA) is 86.9 Å². The van der Waals surface area contributed by atoms with Crippen molar-refractivity contribution in [2.75, 3.05) is 5.32 Å². The highest BCUT2D eigenvalue weighted by Crippen LogP contribution is 2.23. The molecule has 0 aliphatic heterocycles. The number of H-pyrrole nitrogens is 1. The van der Waals surface area contributed by atoms with Crippen LogP contribution in [-0.2, 0) is 6.54 Å². The van der Waals surface area contributed by atoms with Gasteiger partial charge in [-0.2, -0.15) is 5.10 Å². The number of hydrogen-bond acceptors (Lipinski definition) is 4. The molecule has 6 nitrogen and oxygen atoms in total. The van der Waals surface area contributed by atoms with Gasteiger partial charge in [0.05, 0.1) is 12.1 Å². The molecule has 8 heteroatoms. The van der Waals surface area contributed by atoms with E-state index in [-0.39, 0.29) is 5.91 Å². The van der Waals surface area contributed by atoms with Crippen molar-refractivity contribution in [3.05, 3.63) is 81.3 Å². The number of thiophene rings is 1. The van der Waals surface area contributed by atoms with Gasteiger partial charge in [-0.05, 0) is 61.5 Å². The van der Waals surface area contributed by atoms with Gasteiger partial charge in [-0.25, -0.2) is 4.39 Å². The Morgan fingerprint density at radius 3 is 2.52 bits per heavy atom. The number of hydrogen-bond donors (Lipinski definition) is 3. The Morgan fingerprint density at radius 1 is 1.03 bits per heavy atom. The predicted octanol–water partition coefficient (Wildman–Crippen LogP) is 4.25. The fraction of sp³-hybridized carbons (Fsp3) is 0.0952. The van der Waals surface area contributed by atoms with E-state index in [0.717, 1.165) is 4.88 Å². The quantitative estimate of drug-likeness (QED) is 0.461. The van der Waals surface area contributed by atoms with E-state index in [1.54, 1.807) is 29.5 Å². The molecular weight excluding hydrogens is 391 g/mol. The van der Waals surface area contributed by atoms with Crippen molar-refractivity contribution in [2.45, 2.75) is 13.5 Å². The Morgan fingerprint density at radius 2 is 1.79 bits per heavy atom. The Labute approximate surface area is 169 Å². The van der Waals surface area contributed by atoms with Crippen LogP contribution >= 0.6 is 11.3 Å². The fourth-order valence-electron chi connectivity index (χ4n) is 2.88. The summed E-state index contributed by atoms with van der Waals surface area (Å²) in [6.07, 6.45) is 0. The summed E-state index contributed by atoms with van der Waals surface area (Å²) in [6.45, 7) is 2.47. The third-order valence-corrected chi connectivity index (χ3v) is 5.38. The van der Waals surface area contributed by atoms with Crippen molar-refractivity contribution in [1.29, 1.82) is 0 Å². The highest BCUT2D eigenvalue weighted by atomic mass is 32.1. The molecule has 146 valence electrons. The first-order valence-corrected chi connectivity index (χ1v) is 9.70. The molecule has 0 saturated carbocycles. The first-order valence-electron chi connectivity index (χ1n) is 8.88. The van der Waals surface area contributed by atoms with Gasteiger partial charge in [0.25, 0.3) is 11.8 Å². The van der Waals surface area contributed by atoms with Crippen molar-refractivity contribution < 1.29 is 14.0 Å². The van der Waals surface area contributed by atoms with Crippen LogP contribution in [0, 0.1) is 12.7 Å². The minimum atomic E-state index is -0.417. The van der Waals surface area contributed by atoms with Crippen molar-refractivity contribution in [3.8, 4) is 0 Å². The average molecular weight is 408 g/mol. The summed E-state index contributed by atoms with van der Waals surface area (Å²) in [7, 11) is 0. The number of aromatic amines is 1.